The van der Waals surface area contributed by atoms with Gasteiger partial charge in [0.25, 0.3) is 6.71 Å². The minimum Gasteiger partial charge on any atom is -0.311 e. The number of rotatable bonds is 8. The molecule has 2 aromatic heterocycles. The highest BCUT2D eigenvalue weighted by Crippen LogP contribution is 2.48. The van der Waals surface area contributed by atoms with Gasteiger partial charge in [0.15, 0.2) is 0 Å². The molecule has 4 nitrogen and oxygen atoms in total. The maximum atomic E-state index is 3.78. The van der Waals surface area contributed by atoms with Crippen LogP contribution in [0.3, 0.4) is 0 Å². The number of fused-ring (bicyclic) bond motifs is 7. The van der Waals surface area contributed by atoms with E-state index >= 15 is 0 Å². The second-order valence-corrected chi connectivity index (χ2v) is 20.6. The van der Waals surface area contributed by atoms with Crippen molar-refractivity contribution < 1.29 is 0 Å². The van der Waals surface area contributed by atoms with Crippen LogP contribution in [-0.4, -0.2) is 6.71 Å². The van der Waals surface area contributed by atoms with Gasteiger partial charge < -0.3 is 19.6 Å². The Hall–Kier alpha value is -8.14. The van der Waals surface area contributed by atoms with Crippen LogP contribution < -0.4 is 35.3 Å². The molecule has 4 heterocycles. The minimum atomic E-state index is 0.194. The van der Waals surface area contributed by atoms with E-state index in [0.29, 0.717) is 0 Å². The first-order valence-corrected chi connectivity index (χ1v) is 26.6. The molecule has 0 unspecified atom stereocenters. The van der Waals surface area contributed by atoms with Crippen LogP contribution >= 0.6 is 38.6 Å². The first-order valence-electron chi connectivity index (χ1n) is 24.1. The van der Waals surface area contributed by atoms with Crippen LogP contribution in [0.4, 0.5) is 68.2 Å². The van der Waals surface area contributed by atoms with E-state index < -0.39 is 0 Å². The predicted molar refractivity (Wildman–Crippen MR) is 315 cm³/mol. The monoisotopic (exact) mass is 1020 g/mol. The minimum absolute atomic E-state index is 0.194. The zero-order valence-electron chi connectivity index (χ0n) is 39.0. The molecule has 0 fully saturated rings. The molecule has 2 aliphatic heterocycles. The van der Waals surface area contributed by atoms with Gasteiger partial charge in [-0.3, -0.25) is 0 Å². The largest absolute Gasteiger partial charge is 0.311 e. The van der Waals surface area contributed by atoms with Crippen LogP contribution in [0, 0.1) is 0 Å². The molecule has 10 aromatic carbocycles. The summed E-state index contributed by atoms with van der Waals surface area (Å²) in [4.78, 5) is 9.57. The number of thiophene rings is 2. The number of nitrogens with zero attached hydrogens (tertiary/aromatic N) is 4. The van der Waals surface area contributed by atoms with Gasteiger partial charge in [-0.2, -0.15) is 0 Å². The number of para-hydroxylation sites is 6. The van der Waals surface area contributed by atoms with Crippen LogP contribution in [0.15, 0.2) is 271 Å². The van der Waals surface area contributed by atoms with Crippen LogP contribution in [0.5, 0.6) is 0 Å². The molecule has 0 saturated heterocycles. The second-order valence-electron chi connectivity index (χ2n) is 17.8. The summed E-state index contributed by atoms with van der Waals surface area (Å²) in [5.41, 5.74) is 16.9. The number of anilines is 12. The van der Waals surface area contributed by atoms with E-state index in [1.807, 2.05) is 17.4 Å². The fourth-order valence-corrected chi connectivity index (χ4v) is 13.3. The Morgan fingerprint density at radius 3 is 1.56 bits per heavy atom. The molecule has 0 radical (unpaired) electrons. The van der Waals surface area contributed by atoms with E-state index in [0.717, 1.165) is 32.9 Å². The van der Waals surface area contributed by atoms with Gasteiger partial charge in [0, 0.05) is 86.0 Å². The maximum Gasteiger partial charge on any atom is 0.264 e. The van der Waals surface area contributed by atoms with E-state index in [-0.39, 0.29) is 6.71 Å². The summed E-state index contributed by atoms with van der Waals surface area (Å²) in [6.45, 7) is 0.194. The molecule has 342 valence electrons. The lowest BCUT2D eigenvalue weighted by atomic mass is 9.36. The smallest absolute Gasteiger partial charge is 0.264 e. The summed E-state index contributed by atoms with van der Waals surface area (Å²) < 4.78 is 5.08. The summed E-state index contributed by atoms with van der Waals surface area (Å²) in [7, 11) is 0. The Bertz CT molecular complexity index is 3880. The molecular formula is C64H44BBrN4S2. The van der Waals surface area contributed by atoms with Crippen molar-refractivity contribution in [3.05, 3.63) is 271 Å². The lowest BCUT2D eigenvalue weighted by Crippen LogP contribution is -2.60. The summed E-state index contributed by atoms with van der Waals surface area (Å²) in [6, 6.07) is 93.0. The van der Waals surface area contributed by atoms with Gasteiger partial charge in [-0.15, -0.1) is 22.7 Å². The molecular weight excluding hydrogens is 980 g/mol. The number of halogens is 1. The van der Waals surface area contributed by atoms with Crippen molar-refractivity contribution in [3.63, 3.8) is 0 Å². The van der Waals surface area contributed by atoms with Crippen LogP contribution in [0.1, 0.15) is 0 Å². The molecule has 0 aliphatic carbocycles. The normalized spacial score (nSPS) is 12.2. The third kappa shape index (κ3) is 7.67. The van der Waals surface area contributed by atoms with Crippen LogP contribution in [0.2, 0.25) is 0 Å². The molecule has 12 aromatic rings. The molecule has 2 aliphatic rings. The van der Waals surface area contributed by atoms with Gasteiger partial charge in [-0.05, 0) is 136 Å². The SMILES string of the molecule is Brc1ccccc1N(c1ccccc1)c1cccc(N(c2ccccc2)c2csc3ccccc23)c1.c1ccc(N2c3ccccc3B3c4sc5ccccc5c4N(c4ccccc4)c4cccc2c43)cc1. The topological polar surface area (TPSA) is 13.0 Å². The molecule has 8 heteroatoms. The van der Waals surface area contributed by atoms with Gasteiger partial charge in [0.2, 0.25) is 0 Å². The zero-order valence-corrected chi connectivity index (χ0v) is 42.2. The second kappa shape index (κ2) is 18.9. The van der Waals surface area contributed by atoms with Gasteiger partial charge >= 0.3 is 0 Å². The predicted octanol–water partition coefficient (Wildman–Crippen LogP) is 17.6. The molecule has 0 atom stereocenters. The summed E-state index contributed by atoms with van der Waals surface area (Å²) in [5.74, 6) is 0. The van der Waals surface area contributed by atoms with E-state index in [4.69, 9.17) is 0 Å². The Kier molecular flexibility index (Phi) is 11.5. The van der Waals surface area contributed by atoms with Crippen molar-refractivity contribution in [3.8, 4) is 0 Å². The van der Waals surface area contributed by atoms with Gasteiger partial charge in [0.05, 0.1) is 17.1 Å². The van der Waals surface area contributed by atoms with E-state index in [1.165, 1.54) is 75.7 Å². The Morgan fingerprint density at radius 1 is 0.389 bits per heavy atom. The summed E-state index contributed by atoms with van der Waals surface area (Å²) in [5, 5.41) is 4.83. The van der Waals surface area contributed by atoms with Crippen molar-refractivity contribution in [2.45, 2.75) is 0 Å². The average Bonchev–Trinajstić information content (AvgIpc) is 4.05. The molecule has 0 bridgehead atoms. The zero-order chi connectivity index (χ0) is 48.0. The van der Waals surface area contributed by atoms with E-state index in [9.17, 15) is 0 Å². The summed E-state index contributed by atoms with van der Waals surface area (Å²) in [6.07, 6.45) is 0. The van der Waals surface area contributed by atoms with Gasteiger partial charge in [0.1, 0.15) is 0 Å². The lowest BCUT2D eigenvalue weighted by Gasteiger charge is -2.43. The fraction of sp³-hybridized carbons (Fsp3) is 0. The number of hydrogen-bond acceptors (Lipinski definition) is 6. The number of hydrogen-bond donors (Lipinski definition) is 0. The maximum absolute atomic E-state index is 3.78. The molecule has 72 heavy (non-hydrogen) atoms. The first kappa shape index (κ1) is 43.9. The highest BCUT2D eigenvalue weighted by molar-refractivity contribution is 9.10. The molecule has 0 spiro atoms. The van der Waals surface area contributed by atoms with E-state index in [1.54, 1.807) is 11.3 Å². The molecule has 14 rings (SSSR count). The molecule has 0 N–H and O–H groups in total. The molecule has 0 amide bonds. The highest BCUT2D eigenvalue weighted by atomic mass is 79.9. The van der Waals surface area contributed by atoms with Crippen molar-refractivity contribution in [1.29, 1.82) is 0 Å². The number of benzene rings is 10. The Labute approximate surface area is 436 Å². The molecule has 0 saturated carbocycles. The van der Waals surface area contributed by atoms with Gasteiger partial charge in [-0.1, -0.05) is 152 Å². The first-order chi connectivity index (χ1) is 35.7. The average molecular weight is 1020 g/mol. The quantitative estimate of drug-likeness (QED) is 0.141. The van der Waals surface area contributed by atoms with Gasteiger partial charge in [-0.25, -0.2) is 0 Å². The van der Waals surface area contributed by atoms with Crippen molar-refractivity contribution in [1.82, 2.24) is 0 Å². The summed E-state index contributed by atoms with van der Waals surface area (Å²) >= 11 is 7.50. The van der Waals surface area contributed by atoms with Crippen molar-refractivity contribution in [2.24, 2.45) is 0 Å². The third-order valence-corrected chi connectivity index (χ3v) is 16.4. The lowest BCUT2D eigenvalue weighted by molar-refractivity contribution is 1.25. The fourth-order valence-electron chi connectivity index (χ4n) is 10.6. The van der Waals surface area contributed by atoms with Crippen molar-refractivity contribution in [2.75, 3.05) is 19.6 Å². The van der Waals surface area contributed by atoms with E-state index in [2.05, 4.69) is 296 Å². The Morgan fingerprint density at radius 2 is 0.875 bits per heavy atom. The van der Waals surface area contributed by atoms with Crippen LogP contribution in [0.25, 0.3) is 20.2 Å². The van der Waals surface area contributed by atoms with Crippen molar-refractivity contribution >= 4 is 149 Å². The standard InChI is InChI=1S/C32H21BN2S.C32H23BrN2S/c1-3-12-22(13-4-1)34-26-18-9-8-17-25(26)33-30-27(34)19-11-20-28(30)35(23-14-5-2-6-15-23)31-24-16-7-10-21-29(24)36-32(31)33;33-29-19-8-9-20-30(29)34(24-12-3-1-4-13-24)26-16-11-17-27(22-26)35(25-14-5-2-6-15-25)31-23-36-32-21-10-7-18-28(31)32/h1-21H;1-23H. The third-order valence-electron chi connectivity index (χ3n) is 13.6. The Balaban J connectivity index is 0.000000140. The van der Waals surface area contributed by atoms with Crippen LogP contribution in [-0.2, 0) is 0 Å². The highest BCUT2D eigenvalue weighted by Gasteiger charge is 2.44.